The normalized spacial score (nSPS) is 14.4. The van der Waals surface area contributed by atoms with Gasteiger partial charge in [0.05, 0.1) is 17.9 Å². The number of anilines is 1. The van der Waals surface area contributed by atoms with E-state index in [9.17, 15) is 22.5 Å². The minimum atomic E-state index is -4.72. The van der Waals surface area contributed by atoms with Gasteiger partial charge in [0.25, 0.3) is 5.56 Å². The summed E-state index contributed by atoms with van der Waals surface area (Å²) < 4.78 is 58.4. The molecule has 1 aliphatic heterocycles. The molecule has 3 heterocycles. The van der Waals surface area contributed by atoms with Crippen molar-refractivity contribution in [2.45, 2.75) is 17.9 Å². The summed E-state index contributed by atoms with van der Waals surface area (Å²) in [5.41, 5.74) is 0.315. The molecule has 1 N–H and O–H groups in total. The second kappa shape index (κ2) is 8.23. The van der Waals surface area contributed by atoms with Crippen LogP contribution in [-0.4, -0.2) is 38.5 Å². The van der Waals surface area contributed by atoms with Crippen molar-refractivity contribution >= 4 is 16.9 Å². The predicted molar refractivity (Wildman–Crippen MR) is 109 cm³/mol. The number of benzene rings is 1. The Kier molecular flexibility index (Phi) is 5.63. The Balaban J connectivity index is 1.71. The monoisotopic (exact) mass is 450 g/mol. The topological polar surface area (TPSA) is 92.1 Å². The van der Waals surface area contributed by atoms with E-state index in [2.05, 4.69) is 15.3 Å². The van der Waals surface area contributed by atoms with Crippen molar-refractivity contribution in [2.24, 2.45) is 0 Å². The summed E-state index contributed by atoms with van der Waals surface area (Å²) in [6.07, 6.45) is -2.09. The van der Waals surface area contributed by atoms with Gasteiger partial charge in [0.15, 0.2) is 5.69 Å². The van der Waals surface area contributed by atoms with Crippen LogP contribution in [0.1, 0.15) is 11.3 Å². The van der Waals surface area contributed by atoms with Crippen molar-refractivity contribution in [2.75, 3.05) is 24.7 Å². The molecule has 0 amide bonds. The second-order valence-electron chi connectivity index (χ2n) is 6.86. The Labute approximate surface area is 178 Å². The van der Waals surface area contributed by atoms with Gasteiger partial charge in [-0.3, -0.25) is 4.79 Å². The Morgan fingerprint density at radius 1 is 1.23 bits per heavy atom. The van der Waals surface area contributed by atoms with E-state index >= 15 is 0 Å². The lowest BCUT2D eigenvalue weighted by Crippen LogP contribution is -2.21. The van der Waals surface area contributed by atoms with Crippen LogP contribution >= 0.6 is 0 Å². The highest BCUT2D eigenvalue weighted by Crippen LogP contribution is 2.31. The van der Waals surface area contributed by atoms with E-state index < -0.39 is 28.2 Å². The molecule has 0 radical (unpaired) electrons. The number of alkyl halides is 3. The minimum Gasteiger partial charge on any atom is -0.609 e. The smallest absolute Gasteiger partial charge is 0.433 e. The molecule has 0 spiro atoms. The fourth-order valence-corrected chi connectivity index (χ4v) is 3.59. The molecule has 1 aromatic carbocycles. The van der Waals surface area contributed by atoms with E-state index in [-0.39, 0.29) is 23.4 Å². The maximum Gasteiger partial charge on any atom is 0.433 e. The average Bonchev–Trinajstić information content (AvgIpc) is 2.74. The summed E-state index contributed by atoms with van der Waals surface area (Å²) >= 11 is -1.81. The first-order valence-corrected chi connectivity index (χ1v) is 10.8. The van der Waals surface area contributed by atoms with E-state index in [0.717, 1.165) is 23.1 Å². The van der Waals surface area contributed by atoms with Crippen molar-refractivity contribution in [3.63, 3.8) is 0 Å². The summed E-state index contributed by atoms with van der Waals surface area (Å²) in [4.78, 5) is 19.7. The molecule has 31 heavy (non-hydrogen) atoms. The summed E-state index contributed by atoms with van der Waals surface area (Å²) in [6, 6.07) is 8.89. The molecular weight excluding hydrogens is 433 g/mol. The second-order valence-corrected chi connectivity index (χ2v) is 8.14. The fourth-order valence-electron chi connectivity index (χ4n) is 3.14. The Morgan fingerprint density at radius 2 is 2.03 bits per heavy atom. The van der Waals surface area contributed by atoms with Crippen LogP contribution in [0.4, 0.5) is 18.9 Å². The van der Waals surface area contributed by atoms with Crippen LogP contribution in [0.3, 0.4) is 0 Å². The molecule has 1 atom stereocenters. The Morgan fingerprint density at radius 3 is 2.77 bits per heavy atom. The molecule has 0 saturated heterocycles. The molecule has 0 aliphatic carbocycles. The standard InChI is InChI=1S/C20H17F3N4O3S/c1-31(29)19-25-14(9-17(26-19)20(21,22)23)13-3-5-18(28)27(11-13)10-12-2-4-16-15(8-12)24-6-7-30-16/h2-5,8-9,11,24H,6-7,10H2,1H3. The number of nitrogens with one attached hydrogen (secondary N) is 1. The van der Waals surface area contributed by atoms with Gasteiger partial charge in [0.2, 0.25) is 0 Å². The molecule has 11 heteroatoms. The zero-order valence-electron chi connectivity index (χ0n) is 16.3. The van der Waals surface area contributed by atoms with Crippen molar-refractivity contribution < 1.29 is 22.5 Å². The maximum atomic E-state index is 13.2. The maximum absolute atomic E-state index is 13.2. The molecule has 162 valence electrons. The molecule has 4 rings (SSSR count). The third kappa shape index (κ3) is 4.67. The van der Waals surface area contributed by atoms with Gasteiger partial charge in [-0.1, -0.05) is 6.07 Å². The largest absolute Gasteiger partial charge is 0.609 e. The number of rotatable bonds is 4. The van der Waals surface area contributed by atoms with Crippen molar-refractivity contribution in [3.8, 4) is 17.0 Å². The first kappa shape index (κ1) is 21.2. The minimum absolute atomic E-state index is 0.0678. The number of hydrogen-bond acceptors (Lipinski definition) is 6. The third-order valence-electron chi connectivity index (χ3n) is 4.60. The molecule has 0 saturated carbocycles. The summed E-state index contributed by atoms with van der Waals surface area (Å²) in [5.74, 6) is 0.719. The first-order valence-electron chi connectivity index (χ1n) is 9.21. The zero-order valence-corrected chi connectivity index (χ0v) is 17.1. The zero-order chi connectivity index (χ0) is 22.2. The lowest BCUT2D eigenvalue weighted by molar-refractivity contribution is -0.141. The van der Waals surface area contributed by atoms with Gasteiger partial charge < -0.3 is 19.2 Å². The van der Waals surface area contributed by atoms with Crippen molar-refractivity contribution in [1.29, 1.82) is 0 Å². The average molecular weight is 450 g/mol. The third-order valence-corrected chi connectivity index (χ3v) is 5.30. The first-order chi connectivity index (χ1) is 14.7. The van der Waals surface area contributed by atoms with Crippen LogP contribution in [0.2, 0.25) is 0 Å². The van der Waals surface area contributed by atoms with Crippen LogP contribution in [0, 0.1) is 0 Å². The lowest BCUT2D eigenvalue weighted by Gasteiger charge is -2.20. The van der Waals surface area contributed by atoms with E-state index in [1.165, 1.54) is 29.2 Å². The fraction of sp³-hybridized carbons (Fsp3) is 0.250. The molecule has 0 fully saturated rings. The molecule has 2 aromatic heterocycles. The van der Waals surface area contributed by atoms with Gasteiger partial charge in [-0.15, -0.1) is 0 Å². The van der Waals surface area contributed by atoms with Gasteiger partial charge in [-0.05, 0) is 29.8 Å². The van der Waals surface area contributed by atoms with Crippen LogP contribution in [0.15, 0.2) is 52.5 Å². The van der Waals surface area contributed by atoms with Gasteiger partial charge >= 0.3 is 11.3 Å². The van der Waals surface area contributed by atoms with E-state index in [1.807, 2.05) is 12.1 Å². The lowest BCUT2D eigenvalue weighted by atomic mass is 10.1. The van der Waals surface area contributed by atoms with Crippen molar-refractivity contribution in [1.82, 2.24) is 14.5 Å². The number of aromatic nitrogens is 3. The van der Waals surface area contributed by atoms with Gasteiger partial charge in [0, 0.05) is 35.5 Å². The van der Waals surface area contributed by atoms with Crippen LogP contribution < -0.4 is 15.6 Å². The SMILES string of the molecule is C[S+]([O-])c1nc(-c2ccc(=O)n(Cc3ccc4c(c3)NCCO4)c2)cc(C(F)(F)F)n1. The molecule has 3 aromatic rings. The highest BCUT2D eigenvalue weighted by Gasteiger charge is 2.35. The van der Waals surface area contributed by atoms with E-state index in [4.69, 9.17) is 4.74 Å². The Bertz CT molecular complexity index is 1180. The molecule has 0 bridgehead atoms. The van der Waals surface area contributed by atoms with Gasteiger partial charge in [-0.25, -0.2) is 0 Å². The Hall–Kier alpha value is -3.05. The van der Waals surface area contributed by atoms with Gasteiger partial charge in [-0.2, -0.15) is 23.1 Å². The quantitative estimate of drug-likeness (QED) is 0.486. The van der Waals surface area contributed by atoms with Crippen LogP contribution in [0.25, 0.3) is 11.3 Å². The number of ether oxygens (including phenoxy) is 1. The summed E-state index contributed by atoms with van der Waals surface area (Å²) in [6.45, 7) is 1.44. The predicted octanol–water partition coefficient (Wildman–Crippen LogP) is 2.91. The highest BCUT2D eigenvalue weighted by atomic mass is 32.2. The summed E-state index contributed by atoms with van der Waals surface area (Å²) in [7, 11) is 0. The van der Waals surface area contributed by atoms with Gasteiger partial charge in [0.1, 0.15) is 18.6 Å². The molecule has 1 aliphatic rings. The number of nitrogens with zero attached hydrogens (tertiary/aromatic N) is 3. The molecule has 7 nitrogen and oxygen atoms in total. The highest BCUT2D eigenvalue weighted by molar-refractivity contribution is 7.90. The molecular formula is C20H17F3N4O3S. The number of fused-ring (bicyclic) bond motifs is 1. The van der Waals surface area contributed by atoms with Crippen LogP contribution in [0.5, 0.6) is 5.75 Å². The van der Waals surface area contributed by atoms with Crippen LogP contribution in [-0.2, 0) is 23.9 Å². The number of halogens is 3. The number of hydrogen-bond donors (Lipinski definition) is 1. The summed E-state index contributed by atoms with van der Waals surface area (Å²) in [5, 5.41) is 2.79. The molecule has 1 unspecified atom stereocenters. The van der Waals surface area contributed by atoms with E-state index in [0.29, 0.717) is 13.2 Å². The van der Waals surface area contributed by atoms with E-state index in [1.54, 1.807) is 6.07 Å². The van der Waals surface area contributed by atoms with Crippen molar-refractivity contribution in [3.05, 3.63) is 64.2 Å². The number of pyridine rings is 1.